The van der Waals surface area contributed by atoms with Crippen LogP contribution in [0.1, 0.15) is 34.3 Å². The van der Waals surface area contributed by atoms with Gasteiger partial charge in [-0.2, -0.15) is 0 Å². The first-order valence-electron chi connectivity index (χ1n) is 9.44. The van der Waals surface area contributed by atoms with Gasteiger partial charge in [-0.15, -0.1) is 0 Å². The predicted molar refractivity (Wildman–Crippen MR) is 109 cm³/mol. The summed E-state index contributed by atoms with van der Waals surface area (Å²) in [5, 5.41) is 46.1. The Morgan fingerprint density at radius 3 is 1.41 bits per heavy atom. The van der Waals surface area contributed by atoms with E-state index >= 15 is 0 Å². The van der Waals surface area contributed by atoms with Crippen molar-refractivity contribution in [3.63, 3.8) is 0 Å². The smallest absolute Gasteiger partial charge is 0.146 e. The van der Waals surface area contributed by atoms with Crippen molar-refractivity contribution in [2.45, 2.75) is 12.1 Å². The van der Waals surface area contributed by atoms with Crippen molar-refractivity contribution in [2.24, 2.45) is 0 Å². The van der Waals surface area contributed by atoms with Crippen molar-refractivity contribution >= 4 is 10.8 Å². The van der Waals surface area contributed by atoms with Gasteiger partial charge in [0.25, 0.3) is 0 Å². The highest BCUT2D eigenvalue weighted by Gasteiger charge is 2.39. The van der Waals surface area contributed by atoms with Gasteiger partial charge in [0.05, 0.1) is 22.3 Å². The molecular weight excluding hydrogens is 366 g/mol. The average molecular weight is 386 g/mol. The van der Waals surface area contributed by atoms with Crippen LogP contribution < -0.4 is 5.32 Å². The number of aromatic hydroxyl groups is 4. The van der Waals surface area contributed by atoms with Crippen LogP contribution in [0.4, 0.5) is 0 Å². The number of benzene rings is 4. The fraction of sp³-hybridized carbons (Fsp3) is 0.0833. The van der Waals surface area contributed by atoms with E-state index in [1.54, 1.807) is 36.4 Å². The van der Waals surface area contributed by atoms with Gasteiger partial charge in [0.15, 0.2) is 0 Å². The summed E-state index contributed by atoms with van der Waals surface area (Å²) in [4.78, 5) is 0. The van der Waals surface area contributed by atoms with Gasteiger partial charge >= 0.3 is 0 Å². The predicted octanol–water partition coefficient (Wildman–Crippen LogP) is 3.42. The zero-order valence-electron chi connectivity index (χ0n) is 15.4. The van der Waals surface area contributed by atoms with Gasteiger partial charge in [0, 0.05) is 5.39 Å². The molecule has 0 aromatic heterocycles. The summed E-state index contributed by atoms with van der Waals surface area (Å²) in [7, 11) is 0. The highest BCUT2D eigenvalue weighted by atomic mass is 16.3. The van der Waals surface area contributed by atoms with Crippen LogP contribution in [0.3, 0.4) is 0 Å². The first kappa shape index (κ1) is 17.4. The van der Waals surface area contributed by atoms with E-state index in [4.69, 9.17) is 0 Å². The molecule has 144 valence electrons. The van der Waals surface area contributed by atoms with Crippen molar-refractivity contribution in [3.05, 3.63) is 95.1 Å². The summed E-state index contributed by atoms with van der Waals surface area (Å²) in [6, 6.07) is 20.1. The van der Waals surface area contributed by atoms with Gasteiger partial charge in [-0.3, -0.25) is 0 Å². The molecule has 0 bridgehead atoms. The summed E-state index contributed by atoms with van der Waals surface area (Å²) in [6.45, 7) is 0. The van der Waals surface area contributed by atoms with Gasteiger partial charge in [0.2, 0.25) is 0 Å². The number of hydrogen-bond acceptors (Lipinski definition) is 4. The molecule has 4 aromatic carbocycles. The van der Waals surface area contributed by atoms with Crippen molar-refractivity contribution in [3.8, 4) is 23.0 Å². The lowest BCUT2D eigenvalue weighted by Crippen LogP contribution is -2.87. The topological polar surface area (TPSA) is 97.5 Å². The van der Waals surface area contributed by atoms with E-state index in [2.05, 4.69) is 0 Å². The normalized spacial score (nSPS) is 18.1. The molecule has 0 fully saturated rings. The van der Waals surface area contributed by atoms with Gasteiger partial charge in [-0.1, -0.05) is 36.4 Å². The summed E-state index contributed by atoms with van der Waals surface area (Å²) in [6.07, 6.45) is 0. The molecule has 0 amide bonds. The monoisotopic (exact) mass is 386 g/mol. The second-order valence-corrected chi connectivity index (χ2v) is 7.36. The van der Waals surface area contributed by atoms with Crippen LogP contribution >= 0.6 is 0 Å². The second-order valence-electron chi connectivity index (χ2n) is 7.36. The Morgan fingerprint density at radius 2 is 0.966 bits per heavy atom. The second kappa shape index (κ2) is 6.43. The minimum Gasteiger partial charge on any atom is -0.507 e. The van der Waals surface area contributed by atoms with E-state index in [1.807, 2.05) is 41.7 Å². The highest BCUT2D eigenvalue weighted by molar-refractivity contribution is 5.94. The van der Waals surface area contributed by atoms with Gasteiger partial charge < -0.3 is 25.7 Å². The zero-order chi connectivity index (χ0) is 20.1. The highest BCUT2D eigenvalue weighted by Crippen LogP contribution is 2.46. The molecule has 4 aromatic rings. The van der Waals surface area contributed by atoms with Crippen LogP contribution in [-0.4, -0.2) is 20.4 Å². The number of nitrogens with two attached hydrogens (primary N) is 1. The van der Waals surface area contributed by atoms with E-state index in [1.165, 1.54) is 0 Å². The maximum Gasteiger partial charge on any atom is 0.146 e. The minimum absolute atomic E-state index is 0.101. The van der Waals surface area contributed by atoms with E-state index in [0.717, 1.165) is 10.8 Å². The molecule has 1 aliphatic heterocycles. The lowest BCUT2D eigenvalue weighted by Gasteiger charge is -2.32. The molecule has 5 heteroatoms. The third-order valence-electron chi connectivity index (χ3n) is 5.77. The van der Waals surface area contributed by atoms with Crippen molar-refractivity contribution < 1.29 is 25.7 Å². The van der Waals surface area contributed by atoms with Crippen LogP contribution in [0.5, 0.6) is 23.0 Å². The van der Waals surface area contributed by atoms with Crippen molar-refractivity contribution in [1.29, 1.82) is 0 Å². The fourth-order valence-corrected chi connectivity index (χ4v) is 4.49. The molecule has 29 heavy (non-hydrogen) atoms. The Bertz CT molecular complexity index is 1160. The molecule has 5 rings (SSSR count). The number of rotatable bonds is 2. The third kappa shape index (κ3) is 2.59. The molecule has 0 radical (unpaired) electrons. The number of phenols is 4. The van der Waals surface area contributed by atoms with Gasteiger partial charge in [-0.25, -0.2) is 0 Å². The molecule has 0 unspecified atom stereocenters. The first-order chi connectivity index (χ1) is 14.1. The number of para-hydroxylation sites is 2. The van der Waals surface area contributed by atoms with Crippen LogP contribution in [-0.2, 0) is 0 Å². The summed E-state index contributed by atoms with van der Waals surface area (Å²) >= 11 is 0. The summed E-state index contributed by atoms with van der Waals surface area (Å²) in [5.41, 5.74) is 2.59. The van der Waals surface area contributed by atoms with E-state index in [0.29, 0.717) is 22.3 Å². The Morgan fingerprint density at radius 1 is 0.517 bits per heavy atom. The molecule has 0 saturated heterocycles. The van der Waals surface area contributed by atoms with Gasteiger partial charge in [0.1, 0.15) is 35.1 Å². The molecule has 0 saturated carbocycles. The molecule has 0 spiro atoms. The number of quaternary nitrogens is 1. The summed E-state index contributed by atoms with van der Waals surface area (Å²) in [5.74, 6) is 0.462. The fourth-order valence-electron chi connectivity index (χ4n) is 4.49. The summed E-state index contributed by atoms with van der Waals surface area (Å²) < 4.78 is 0. The standard InChI is InChI=1S/C24H19NO4/c26-16-7-3-1-5-14(16)23-21-18(28)11-9-13-10-12-19(29)22(20(13)21)24(25-23)15-6-2-4-8-17(15)27/h1-12,23-29H/p+1/t23-,24+. The molecule has 1 heterocycles. The molecule has 6 N–H and O–H groups in total. The Balaban J connectivity index is 1.88. The average Bonchev–Trinajstić information content (AvgIpc) is 2.72. The van der Waals surface area contributed by atoms with Gasteiger partial charge in [-0.05, 0) is 41.8 Å². The van der Waals surface area contributed by atoms with E-state index in [-0.39, 0.29) is 23.0 Å². The first-order valence-corrected chi connectivity index (χ1v) is 9.44. The molecule has 1 aliphatic rings. The van der Waals surface area contributed by atoms with Crippen LogP contribution in [0, 0.1) is 0 Å². The maximum absolute atomic E-state index is 10.8. The molecule has 0 aliphatic carbocycles. The quantitative estimate of drug-likeness (QED) is 0.365. The number of phenolic OH excluding ortho intramolecular Hbond substituents is 4. The Labute approximate surface area is 167 Å². The van der Waals surface area contributed by atoms with Crippen molar-refractivity contribution in [1.82, 2.24) is 0 Å². The molecule has 2 atom stereocenters. The minimum atomic E-state index is -0.418. The third-order valence-corrected chi connectivity index (χ3v) is 5.77. The largest absolute Gasteiger partial charge is 0.507 e. The Kier molecular flexibility index (Phi) is 3.86. The van der Waals surface area contributed by atoms with Crippen LogP contribution in [0.2, 0.25) is 0 Å². The van der Waals surface area contributed by atoms with Crippen LogP contribution in [0.15, 0.2) is 72.8 Å². The van der Waals surface area contributed by atoms with E-state index < -0.39 is 12.1 Å². The maximum atomic E-state index is 10.8. The SMILES string of the molecule is Oc1ccccc1[C@H]1[NH2+][C@@H](c2ccccc2O)c2c(O)ccc3ccc(O)c1c23. The lowest BCUT2D eigenvalue weighted by molar-refractivity contribution is -0.719. The lowest BCUT2D eigenvalue weighted by atomic mass is 9.81. The molecule has 5 nitrogen and oxygen atoms in total. The van der Waals surface area contributed by atoms with Crippen molar-refractivity contribution in [2.75, 3.05) is 0 Å². The Hall–Kier alpha value is -3.70. The molecular formula is C24H20NO4+. The number of hydrogen-bond donors (Lipinski definition) is 5. The van der Waals surface area contributed by atoms with E-state index in [9.17, 15) is 20.4 Å². The van der Waals surface area contributed by atoms with Crippen LogP contribution in [0.25, 0.3) is 10.8 Å². The zero-order valence-corrected chi connectivity index (χ0v) is 15.4.